The number of aromatic nitrogens is 1. The molecule has 0 spiro atoms. The van der Waals surface area contributed by atoms with E-state index in [2.05, 4.69) is 10.3 Å². The average molecular weight is 304 g/mol. The van der Waals surface area contributed by atoms with Crippen LogP contribution < -0.4 is 11.1 Å². The molecule has 1 aromatic heterocycles. The highest BCUT2D eigenvalue weighted by molar-refractivity contribution is 7.18. The normalized spacial score (nSPS) is 10.9. The fraction of sp³-hybridized carbons (Fsp3) is 0.133. The molecule has 0 amide bonds. The van der Waals surface area contributed by atoms with Crippen molar-refractivity contribution in [3.8, 4) is 0 Å². The van der Waals surface area contributed by atoms with Gasteiger partial charge in [-0.3, -0.25) is 0 Å². The SMILES string of the molecule is Cc1nc2cc(Nc3cccc(Cl)c3C)c(N)cc2s1. The molecule has 20 heavy (non-hydrogen) atoms. The van der Waals surface area contributed by atoms with E-state index in [0.717, 1.165) is 37.2 Å². The summed E-state index contributed by atoms with van der Waals surface area (Å²) in [5.41, 5.74) is 10.6. The van der Waals surface area contributed by atoms with Gasteiger partial charge < -0.3 is 11.1 Å². The van der Waals surface area contributed by atoms with Gasteiger partial charge in [-0.2, -0.15) is 0 Å². The first-order chi connectivity index (χ1) is 9.54. The molecule has 5 heteroatoms. The third-order valence-corrected chi connectivity index (χ3v) is 4.55. The van der Waals surface area contributed by atoms with Gasteiger partial charge in [-0.1, -0.05) is 17.7 Å². The maximum atomic E-state index is 6.14. The lowest BCUT2D eigenvalue weighted by Crippen LogP contribution is -1.98. The topological polar surface area (TPSA) is 50.9 Å². The van der Waals surface area contributed by atoms with Crippen molar-refractivity contribution in [1.82, 2.24) is 4.98 Å². The van der Waals surface area contributed by atoms with Crippen LogP contribution in [0.2, 0.25) is 5.02 Å². The largest absolute Gasteiger partial charge is 0.397 e. The number of nitrogen functional groups attached to an aromatic ring is 1. The van der Waals surface area contributed by atoms with E-state index in [-0.39, 0.29) is 0 Å². The van der Waals surface area contributed by atoms with Gasteiger partial charge in [0, 0.05) is 10.7 Å². The molecule has 0 saturated heterocycles. The molecule has 0 bridgehead atoms. The van der Waals surface area contributed by atoms with Crippen molar-refractivity contribution in [1.29, 1.82) is 0 Å². The number of nitrogens with zero attached hydrogens (tertiary/aromatic N) is 1. The Hall–Kier alpha value is -1.78. The fourth-order valence-electron chi connectivity index (χ4n) is 2.10. The first-order valence-corrected chi connectivity index (χ1v) is 7.43. The lowest BCUT2D eigenvalue weighted by molar-refractivity contribution is 1.34. The summed E-state index contributed by atoms with van der Waals surface area (Å²) in [4.78, 5) is 4.49. The highest BCUT2D eigenvalue weighted by Gasteiger charge is 2.08. The summed E-state index contributed by atoms with van der Waals surface area (Å²) in [5, 5.41) is 5.11. The van der Waals surface area contributed by atoms with E-state index in [1.807, 2.05) is 44.2 Å². The number of anilines is 3. The van der Waals surface area contributed by atoms with E-state index in [9.17, 15) is 0 Å². The van der Waals surface area contributed by atoms with Crippen molar-refractivity contribution < 1.29 is 0 Å². The first kappa shape index (κ1) is 13.2. The number of aryl methyl sites for hydroxylation is 1. The molecule has 0 aliphatic heterocycles. The molecule has 102 valence electrons. The van der Waals surface area contributed by atoms with Crippen LogP contribution in [-0.4, -0.2) is 4.98 Å². The quantitative estimate of drug-likeness (QED) is 0.663. The summed E-state index contributed by atoms with van der Waals surface area (Å²) in [6.45, 7) is 3.97. The maximum absolute atomic E-state index is 6.14. The zero-order valence-electron chi connectivity index (χ0n) is 11.2. The van der Waals surface area contributed by atoms with E-state index in [4.69, 9.17) is 17.3 Å². The molecule has 1 heterocycles. The van der Waals surface area contributed by atoms with Gasteiger partial charge in [0.15, 0.2) is 0 Å². The number of halogens is 1. The van der Waals surface area contributed by atoms with Crippen LogP contribution in [0.4, 0.5) is 17.1 Å². The molecule has 0 aliphatic rings. The molecule has 3 N–H and O–H groups in total. The van der Waals surface area contributed by atoms with Crippen molar-refractivity contribution in [3.05, 3.63) is 45.9 Å². The lowest BCUT2D eigenvalue weighted by Gasteiger charge is -2.12. The molecular formula is C15H14ClN3S. The Balaban J connectivity index is 2.05. The Labute approximate surface area is 126 Å². The number of fused-ring (bicyclic) bond motifs is 1. The summed E-state index contributed by atoms with van der Waals surface area (Å²) in [7, 11) is 0. The predicted octanol–water partition coefficient (Wildman–Crippen LogP) is 4.89. The number of thiazole rings is 1. The van der Waals surface area contributed by atoms with Crippen LogP contribution in [0.1, 0.15) is 10.6 Å². The van der Waals surface area contributed by atoms with Crippen LogP contribution in [0.5, 0.6) is 0 Å². The van der Waals surface area contributed by atoms with Crippen molar-refractivity contribution in [3.63, 3.8) is 0 Å². The molecule has 0 aliphatic carbocycles. The molecule has 0 fully saturated rings. The third kappa shape index (κ3) is 2.32. The van der Waals surface area contributed by atoms with Crippen molar-refractivity contribution in [2.75, 3.05) is 11.1 Å². The predicted molar refractivity (Wildman–Crippen MR) is 88.2 cm³/mol. The van der Waals surface area contributed by atoms with Gasteiger partial charge in [-0.15, -0.1) is 11.3 Å². The van der Waals surface area contributed by atoms with Crippen molar-refractivity contribution in [2.24, 2.45) is 0 Å². The van der Waals surface area contributed by atoms with E-state index >= 15 is 0 Å². The summed E-state index contributed by atoms with van der Waals surface area (Å²) < 4.78 is 1.10. The van der Waals surface area contributed by atoms with E-state index in [1.165, 1.54) is 0 Å². The second-order valence-corrected chi connectivity index (χ2v) is 6.32. The second kappa shape index (κ2) is 4.96. The summed E-state index contributed by atoms with van der Waals surface area (Å²) >= 11 is 7.78. The zero-order chi connectivity index (χ0) is 14.3. The smallest absolute Gasteiger partial charge is 0.0907 e. The molecular weight excluding hydrogens is 290 g/mol. The van der Waals surface area contributed by atoms with Gasteiger partial charge >= 0.3 is 0 Å². The Kier molecular flexibility index (Phi) is 3.28. The van der Waals surface area contributed by atoms with Gasteiger partial charge in [0.1, 0.15) is 0 Å². The van der Waals surface area contributed by atoms with Gasteiger partial charge in [0.05, 0.1) is 26.6 Å². The van der Waals surface area contributed by atoms with E-state index in [1.54, 1.807) is 11.3 Å². The molecule has 3 nitrogen and oxygen atoms in total. The van der Waals surface area contributed by atoms with Crippen molar-refractivity contribution in [2.45, 2.75) is 13.8 Å². The Morgan fingerprint density at radius 2 is 2.00 bits per heavy atom. The minimum absolute atomic E-state index is 0.709. The number of benzene rings is 2. The Bertz CT molecular complexity index is 795. The number of nitrogens with two attached hydrogens (primary N) is 1. The average Bonchev–Trinajstić information content (AvgIpc) is 2.74. The van der Waals surface area contributed by atoms with Crippen LogP contribution >= 0.6 is 22.9 Å². The summed E-state index contributed by atoms with van der Waals surface area (Å²) in [6, 6.07) is 9.71. The fourth-order valence-corrected chi connectivity index (χ4v) is 3.13. The highest BCUT2D eigenvalue weighted by Crippen LogP contribution is 2.33. The lowest BCUT2D eigenvalue weighted by atomic mass is 10.2. The molecule has 2 aromatic carbocycles. The van der Waals surface area contributed by atoms with Crippen LogP contribution in [-0.2, 0) is 0 Å². The maximum Gasteiger partial charge on any atom is 0.0907 e. The summed E-state index contributed by atoms with van der Waals surface area (Å²) in [6.07, 6.45) is 0. The Morgan fingerprint density at radius 1 is 1.20 bits per heavy atom. The van der Waals surface area contributed by atoms with Gasteiger partial charge in [-0.25, -0.2) is 4.98 Å². The van der Waals surface area contributed by atoms with E-state index < -0.39 is 0 Å². The molecule has 3 aromatic rings. The number of nitrogens with one attached hydrogen (secondary N) is 1. The van der Waals surface area contributed by atoms with Crippen LogP contribution in [0, 0.1) is 13.8 Å². The van der Waals surface area contributed by atoms with Gasteiger partial charge in [0.2, 0.25) is 0 Å². The second-order valence-electron chi connectivity index (χ2n) is 4.68. The molecule has 0 atom stereocenters. The van der Waals surface area contributed by atoms with E-state index in [0.29, 0.717) is 5.69 Å². The molecule has 0 unspecified atom stereocenters. The van der Waals surface area contributed by atoms with Gasteiger partial charge in [-0.05, 0) is 43.7 Å². The number of rotatable bonds is 2. The molecule has 3 rings (SSSR count). The van der Waals surface area contributed by atoms with Crippen LogP contribution in [0.25, 0.3) is 10.2 Å². The minimum Gasteiger partial charge on any atom is -0.397 e. The molecule has 0 radical (unpaired) electrons. The number of hydrogen-bond acceptors (Lipinski definition) is 4. The first-order valence-electron chi connectivity index (χ1n) is 6.23. The monoisotopic (exact) mass is 303 g/mol. The van der Waals surface area contributed by atoms with Gasteiger partial charge in [0.25, 0.3) is 0 Å². The Morgan fingerprint density at radius 3 is 2.80 bits per heavy atom. The van der Waals surface area contributed by atoms with Crippen molar-refractivity contribution >= 4 is 50.2 Å². The summed E-state index contributed by atoms with van der Waals surface area (Å²) in [5.74, 6) is 0. The number of hydrogen-bond donors (Lipinski definition) is 2. The van der Waals surface area contributed by atoms with Crippen LogP contribution in [0.15, 0.2) is 30.3 Å². The highest BCUT2D eigenvalue weighted by atomic mass is 35.5. The minimum atomic E-state index is 0.709. The third-order valence-electron chi connectivity index (χ3n) is 3.20. The zero-order valence-corrected chi connectivity index (χ0v) is 12.8. The van der Waals surface area contributed by atoms with Crippen LogP contribution in [0.3, 0.4) is 0 Å². The standard InChI is InChI=1S/C15H14ClN3S/c1-8-10(16)4-3-5-12(8)19-13-7-14-15(6-11(13)17)20-9(2)18-14/h3-7,19H,17H2,1-2H3. The molecule has 0 saturated carbocycles.